The quantitative estimate of drug-likeness (QED) is 0.801. The Bertz CT molecular complexity index is 991. The van der Waals surface area contributed by atoms with Gasteiger partial charge in [-0.3, -0.25) is 9.80 Å². The third kappa shape index (κ3) is 2.67. The summed E-state index contributed by atoms with van der Waals surface area (Å²) in [4.78, 5) is 23.3. The smallest absolute Gasteiger partial charge is 0.329 e. The number of hydrogen-bond acceptors (Lipinski definition) is 6. The number of pyridine rings is 2. The van der Waals surface area contributed by atoms with Gasteiger partial charge in [-0.05, 0) is 18.9 Å². The molecular weight excluding hydrogens is 372 g/mol. The second-order valence-corrected chi connectivity index (χ2v) is 6.39. The highest BCUT2D eigenvalue weighted by Gasteiger charge is 2.43. The van der Waals surface area contributed by atoms with Gasteiger partial charge in [-0.1, -0.05) is 0 Å². The van der Waals surface area contributed by atoms with Crippen LogP contribution >= 0.6 is 0 Å². The summed E-state index contributed by atoms with van der Waals surface area (Å²) in [6, 6.07) is 2.76. The highest BCUT2D eigenvalue weighted by atomic mass is 19.1. The average Bonchev–Trinajstić information content (AvgIpc) is 3.53. The molecule has 2 amide bonds. The lowest BCUT2D eigenvalue weighted by molar-refractivity contribution is 0.249. The predicted molar refractivity (Wildman–Crippen MR) is 93.3 cm³/mol. The Kier molecular flexibility index (Phi) is 4.22. The van der Waals surface area contributed by atoms with Crippen LogP contribution in [0.25, 0.3) is 0 Å². The molecule has 0 N–H and O–H groups in total. The molecule has 0 spiro atoms. The number of methoxy groups -OCH3 is 2. The summed E-state index contributed by atoms with van der Waals surface area (Å²) in [5.41, 5.74) is 0.660. The molecule has 2 aromatic heterocycles. The first-order chi connectivity index (χ1) is 13.5. The molecule has 10 heteroatoms. The third-order valence-electron chi connectivity index (χ3n) is 4.66. The molecule has 1 saturated carbocycles. The van der Waals surface area contributed by atoms with Gasteiger partial charge in [-0.2, -0.15) is 19.0 Å². The van der Waals surface area contributed by atoms with E-state index in [1.807, 2.05) is 6.07 Å². The summed E-state index contributed by atoms with van der Waals surface area (Å²) >= 11 is 0. The first-order valence-corrected chi connectivity index (χ1v) is 8.46. The standard InChI is InChI=1S/C18H15F2N5O3/c1-27-16-13(19)15(14(20)17(23-16)28-2)24-8-9-7-22-10(6-21)5-12(9)25(18(24)26)11-3-4-11/h5,7,11H,3-4,8H2,1-2H3. The van der Waals surface area contributed by atoms with Gasteiger partial charge in [0, 0.05) is 17.8 Å². The number of ether oxygens (including phenoxy) is 2. The molecule has 8 nitrogen and oxygen atoms in total. The molecule has 0 saturated heterocycles. The van der Waals surface area contributed by atoms with E-state index in [1.54, 1.807) is 0 Å². The zero-order chi connectivity index (χ0) is 20.0. The molecule has 4 rings (SSSR count). The van der Waals surface area contributed by atoms with Crippen LogP contribution in [-0.4, -0.2) is 36.3 Å². The second kappa shape index (κ2) is 6.60. The minimum absolute atomic E-state index is 0.0975. The molecule has 1 aliphatic carbocycles. The van der Waals surface area contributed by atoms with E-state index in [2.05, 4.69) is 9.97 Å². The van der Waals surface area contributed by atoms with E-state index in [1.165, 1.54) is 31.4 Å². The van der Waals surface area contributed by atoms with Crippen LogP contribution in [0.15, 0.2) is 12.3 Å². The van der Waals surface area contributed by atoms with Gasteiger partial charge in [0.2, 0.25) is 11.6 Å². The van der Waals surface area contributed by atoms with Crippen molar-refractivity contribution in [2.45, 2.75) is 25.4 Å². The van der Waals surface area contributed by atoms with Crippen LogP contribution in [-0.2, 0) is 6.54 Å². The number of amides is 2. The molecule has 0 aromatic carbocycles. The molecule has 0 bridgehead atoms. The molecule has 2 aliphatic rings. The van der Waals surface area contributed by atoms with Gasteiger partial charge in [0.05, 0.1) is 26.5 Å². The number of carbonyl (C=O) groups is 1. The number of urea groups is 1. The van der Waals surface area contributed by atoms with E-state index in [-0.39, 0.29) is 18.3 Å². The van der Waals surface area contributed by atoms with Crippen molar-refractivity contribution >= 4 is 17.4 Å². The van der Waals surface area contributed by atoms with E-state index >= 15 is 0 Å². The molecule has 2 aromatic rings. The van der Waals surface area contributed by atoms with Crippen molar-refractivity contribution in [3.05, 3.63) is 35.2 Å². The number of fused-ring (bicyclic) bond motifs is 1. The molecular formula is C18H15F2N5O3. The molecule has 0 unspecified atom stereocenters. The molecule has 0 radical (unpaired) electrons. The summed E-state index contributed by atoms with van der Waals surface area (Å²) in [6.07, 6.45) is 2.96. The van der Waals surface area contributed by atoms with Crippen molar-refractivity contribution < 1.29 is 23.0 Å². The summed E-state index contributed by atoms with van der Waals surface area (Å²) in [5.74, 6) is -3.17. The van der Waals surface area contributed by atoms with Crippen LogP contribution in [0, 0.1) is 23.0 Å². The van der Waals surface area contributed by atoms with E-state index < -0.39 is 35.1 Å². The summed E-state index contributed by atoms with van der Waals surface area (Å²) in [6.45, 7) is -0.125. The summed E-state index contributed by atoms with van der Waals surface area (Å²) < 4.78 is 39.5. The first kappa shape index (κ1) is 17.9. The fourth-order valence-electron chi connectivity index (χ4n) is 3.21. The molecule has 3 heterocycles. The lowest BCUT2D eigenvalue weighted by Crippen LogP contribution is -2.49. The molecule has 144 valence electrons. The third-order valence-corrected chi connectivity index (χ3v) is 4.66. The Morgan fingerprint density at radius 3 is 2.39 bits per heavy atom. The maximum absolute atomic E-state index is 14.9. The topological polar surface area (TPSA) is 91.6 Å². The maximum Gasteiger partial charge on any atom is 0.329 e. The first-order valence-electron chi connectivity index (χ1n) is 8.46. The lowest BCUT2D eigenvalue weighted by Gasteiger charge is -2.37. The van der Waals surface area contributed by atoms with E-state index in [4.69, 9.17) is 14.7 Å². The number of aromatic nitrogens is 2. The van der Waals surface area contributed by atoms with Gasteiger partial charge in [-0.15, -0.1) is 0 Å². The van der Waals surface area contributed by atoms with E-state index in [0.29, 0.717) is 11.3 Å². The predicted octanol–water partition coefficient (Wildman–Crippen LogP) is 2.75. The highest BCUT2D eigenvalue weighted by Crippen LogP contribution is 2.42. The zero-order valence-electron chi connectivity index (χ0n) is 15.1. The van der Waals surface area contributed by atoms with Crippen molar-refractivity contribution in [2.75, 3.05) is 24.0 Å². The van der Waals surface area contributed by atoms with Gasteiger partial charge in [-0.25, -0.2) is 9.78 Å². The Morgan fingerprint density at radius 2 is 1.86 bits per heavy atom. The number of nitrogens with zero attached hydrogens (tertiary/aromatic N) is 5. The van der Waals surface area contributed by atoms with Crippen LogP contribution in [0.5, 0.6) is 11.8 Å². The number of nitriles is 1. The molecule has 28 heavy (non-hydrogen) atoms. The molecule has 1 fully saturated rings. The maximum atomic E-state index is 14.9. The number of halogens is 2. The van der Waals surface area contributed by atoms with Crippen molar-refractivity contribution in [3.63, 3.8) is 0 Å². The van der Waals surface area contributed by atoms with Gasteiger partial charge in [0.15, 0.2) is 0 Å². The highest BCUT2D eigenvalue weighted by molar-refractivity contribution is 6.07. The Balaban J connectivity index is 1.88. The van der Waals surface area contributed by atoms with Crippen molar-refractivity contribution in [3.8, 4) is 17.8 Å². The van der Waals surface area contributed by atoms with E-state index in [9.17, 15) is 13.6 Å². The van der Waals surface area contributed by atoms with Crippen LogP contribution in [0.2, 0.25) is 0 Å². The number of rotatable bonds is 4. The monoisotopic (exact) mass is 387 g/mol. The van der Waals surface area contributed by atoms with Crippen molar-refractivity contribution in [1.29, 1.82) is 5.26 Å². The van der Waals surface area contributed by atoms with Gasteiger partial charge < -0.3 is 9.47 Å². The normalized spacial score (nSPS) is 15.9. The zero-order valence-corrected chi connectivity index (χ0v) is 15.1. The summed E-state index contributed by atoms with van der Waals surface area (Å²) in [7, 11) is 2.37. The Morgan fingerprint density at radius 1 is 1.21 bits per heavy atom. The van der Waals surface area contributed by atoms with Crippen LogP contribution in [0.3, 0.4) is 0 Å². The molecule has 1 aliphatic heterocycles. The number of anilines is 2. The van der Waals surface area contributed by atoms with Crippen LogP contribution in [0.1, 0.15) is 24.1 Å². The lowest BCUT2D eigenvalue weighted by atomic mass is 10.1. The van der Waals surface area contributed by atoms with E-state index in [0.717, 1.165) is 17.7 Å². The Labute approximate surface area is 158 Å². The fraction of sp³-hybridized carbons (Fsp3) is 0.333. The average molecular weight is 387 g/mol. The van der Waals surface area contributed by atoms with Gasteiger partial charge >= 0.3 is 6.03 Å². The Hall–Kier alpha value is -3.48. The summed E-state index contributed by atoms with van der Waals surface area (Å²) in [5, 5.41) is 9.10. The van der Waals surface area contributed by atoms with Crippen LogP contribution < -0.4 is 19.3 Å². The SMILES string of the molecule is COc1nc(OC)c(F)c(N2Cc3cnc(C#N)cc3N(C3CC3)C2=O)c1F. The number of hydrogen-bond donors (Lipinski definition) is 0. The van der Waals surface area contributed by atoms with Gasteiger partial charge in [0.25, 0.3) is 11.8 Å². The minimum atomic E-state index is -1.10. The largest absolute Gasteiger partial charge is 0.479 e. The number of carbonyl (C=O) groups excluding carboxylic acids is 1. The van der Waals surface area contributed by atoms with Crippen molar-refractivity contribution in [2.24, 2.45) is 0 Å². The van der Waals surface area contributed by atoms with Gasteiger partial charge in [0.1, 0.15) is 17.5 Å². The fourth-order valence-corrected chi connectivity index (χ4v) is 3.21. The minimum Gasteiger partial charge on any atom is -0.479 e. The van der Waals surface area contributed by atoms with Crippen molar-refractivity contribution in [1.82, 2.24) is 9.97 Å². The van der Waals surface area contributed by atoms with Crippen LogP contribution in [0.4, 0.5) is 25.0 Å². The molecule has 0 atom stereocenters. The second-order valence-electron chi connectivity index (χ2n) is 6.39.